The SMILES string of the molecule is CC(C)CC(=O)N1CCC(NC(=O)C2Oc3ccccc3OC2C)CC1. The zero-order valence-electron chi connectivity index (χ0n) is 15.7. The molecule has 2 aliphatic rings. The van der Waals surface area contributed by atoms with Crippen molar-refractivity contribution in [1.29, 1.82) is 0 Å². The summed E-state index contributed by atoms with van der Waals surface area (Å²) in [5.74, 6) is 1.69. The maximum Gasteiger partial charge on any atom is 0.265 e. The third-order valence-corrected chi connectivity index (χ3v) is 4.88. The van der Waals surface area contributed by atoms with Crippen LogP contribution in [0.25, 0.3) is 0 Å². The summed E-state index contributed by atoms with van der Waals surface area (Å²) in [6, 6.07) is 7.45. The molecule has 2 atom stereocenters. The van der Waals surface area contributed by atoms with Crippen LogP contribution in [0.15, 0.2) is 24.3 Å². The lowest BCUT2D eigenvalue weighted by Gasteiger charge is -2.35. The van der Waals surface area contributed by atoms with Crippen molar-refractivity contribution in [3.63, 3.8) is 0 Å². The summed E-state index contributed by atoms with van der Waals surface area (Å²) in [5, 5.41) is 3.07. The average Bonchev–Trinajstić information content (AvgIpc) is 2.61. The largest absolute Gasteiger partial charge is 0.482 e. The van der Waals surface area contributed by atoms with Crippen LogP contribution in [0.4, 0.5) is 0 Å². The molecule has 142 valence electrons. The Balaban J connectivity index is 1.51. The van der Waals surface area contributed by atoms with E-state index in [1.54, 1.807) is 6.07 Å². The summed E-state index contributed by atoms with van der Waals surface area (Å²) in [6.07, 6.45) is 1.12. The van der Waals surface area contributed by atoms with Crippen LogP contribution in [-0.2, 0) is 9.59 Å². The van der Waals surface area contributed by atoms with Crippen molar-refractivity contribution in [2.45, 2.75) is 58.3 Å². The van der Waals surface area contributed by atoms with E-state index in [0.29, 0.717) is 36.9 Å². The molecular weight excluding hydrogens is 332 g/mol. The third kappa shape index (κ3) is 4.29. The highest BCUT2D eigenvalue weighted by Gasteiger charge is 2.35. The number of amides is 2. The van der Waals surface area contributed by atoms with Crippen molar-refractivity contribution in [1.82, 2.24) is 10.2 Å². The minimum absolute atomic E-state index is 0.0681. The standard InChI is InChI=1S/C20H28N2O4/c1-13(2)12-18(23)22-10-8-15(9-11-22)21-20(24)19-14(3)25-16-6-4-5-7-17(16)26-19/h4-7,13-15,19H,8-12H2,1-3H3,(H,21,24). The van der Waals surface area contributed by atoms with E-state index in [4.69, 9.17) is 9.47 Å². The molecular formula is C20H28N2O4. The molecule has 1 N–H and O–H groups in total. The van der Waals surface area contributed by atoms with Crippen molar-refractivity contribution < 1.29 is 19.1 Å². The van der Waals surface area contributed by atoms with Gasteiger partial charge in [0.1, 0.15) is 6.10 Å². The van der Waals surface area contributed by atoms with E-state index in [9.17, 15) is 9.59 Å². The molecule has 0 aromatic heterocycles. The van der Waals surface area contributed by atoms with Crippen molar-refractivity contribution in [2.24, 2.45) is 5.92 Å². The Morgan fingerprint density at radius 1 is 1.15 bits per heavy atom. The van der Waals surface area contributed by atoms with E-state index in [-0.39, 0.29) is 24.0 Å². The smallest absolute Gasteiger partial charge is 0.265 e. The maximum absolute atomic E-state index is 12.7. The summed E-state index contributed by atoms with van der Waals surface area (Å²) in [4.78, 5) is 26.7. The molecule has 26 heavy (non-hydrogen) atoms. The topological polar surface area (TPSA) is 67.9 Å². The number of carbonyl (C=O) groups is 2. The van der Waals surface area contributed by atoms with Gasteiger partial charge >= 0.3 is 0 Å². The fourth-order valence-electron chi connectivity index (χ4n) is 3.44. The number of rotatable bonds is 4. The van der Waals surface area contributed by atoms with E-state index in [1.807, 2.05) is 30.0 Å². The number of nitrogens with zero attached hydrogens (tertiary/aromatic N) is 1. The molecule has 6 heteroatoms. The summed E-state index contributed by atoms with van der Waals surface area (Å²) in [6.45, 7) is 7.33. The molecule has 2 heterocycles. The molecule has 0 saturated carbocycles. The highest BCUT2D eigenvalue weighted by atomic mass is 16.6. The normalized spacial score (nSPS) is 23.0. The van der Waals surface area contributed by atoms with E-state index < -0.39 is 6.10 Å². The molecule has 1 aromatic carbocycles. The lowest BCUT2D eigenvalue weighted by Crippen LogP contribution is -2.54. The first-order valence-corrected chi connectivity index (χ1v) is 9.44. The second kappa shape index (κ2) is 7.98. The number of ether oxygens (including phenoxy) is 2. The predicted molar refractivity (Wildman–Crippen MR) is 98.1 cm³/mol. The van der Waals surface area contributed by atoms with Crippen LogP contribution in [0, 0.1) is 5.92 Å². The molecule has 3 rings (SSSR count). The first-order valence-electron chi connectivity index (χ1n) is 9.44. The van der Waals surface area contributed by atoms with Gasteiger partial charge in [-0.25, -0.2) is 0 Å². The predicted octanol–water partition coefficient (Wildman–Crippen LogP) is 2.37. The molecule has 1 aromatic rings. The summed E-state index contributed by atoms with van der Waals surface area (Å²) in [5.41, 5.74) is 0. The van der Waals surface area contributed by atoms with Gasteiger partial charge in [0.05, 0.1) is 0 Å². The second-order valence-corrected chi connectivity index (χ2v) is 7.57. The number of piperidine rings is 1. The fourth-order valence-corrected chi connectivity index (χ4v) is 3.44. The zero-order chi connectivity index (χ0) is 18.7. The Hall–Kier alpha value is -2.24. The molecule has 0 aliphatic carbocycles. The van der Waals surface area contributed by atoms with E-state index in [0.717, 1.165) is 12.8 Å². The van der Waals surface area contributed by atoms with Gasteiger partial charge in [-0.15, -0.1) is 0 Å². The van der Waals surface area contributed by atoms with Gasteiger partial charge in [-0.2, -0.15) is 0 Å². The monoisotopic (exact) mass is 360 g/mol. The highest BCUT2D eigenvalue weighted by molar-refractivity contribution is 5.82. The number of likely N-dealkylation sites (tertiary alicyclic amines) is 1. The van der Waals surface area contributed by atoms with Crippen molar-refractivity contribution in [2.75, 3.05) is 13.1 Å². The first kappa shape index (κ1) is 18.5. The van der Waals surface area contributed by atoms with Gasteiger partial charge in [-0.1, -0.05) is 26.0 Å². The first-order chi connectivity index (χ1) is 12.4. The van der Waals surface area contributed by atoms with Crippen LogP contribution in [0.3, 0.4) is 0 Å². The number of benzene rings is 1. The zero-order valence-corrected chi connectivity index (χ0v) is 15.7. The molecule has 0 spiro atoms. The van der Waals surface area contributed by atoms with Crippen LogP contribution in [0.2, 0.25) is 0 Å². The van der Waals surface area contributed by atoms with Crippen LogP contribution in [0.5, 0.6) is 11.5 Å². The lowest BCUT2D eigenvalue weighted by molar-refractivity contribution is -0.135. The minimum atomic E-state index is -0.662. The molecule has 1 fully saturated rings. The maximum atomic E-state index is 12.7. The molecule has 6 nitrogen and oxygen atoms in total. The molecule has 0 radical (unpaired) electrons. The summed E-state index contributed by atoms with van der Waals surface area (Å²) >= 11 is 0. The van der Waals surface area contributed by atoms with E-state index in [1.165, 1.54) is 0 Å². The fraction of sp³-hybridized carbons (Fsp3) is 0.600. The van der Waals surface area contributed by atoms with Crippen molar-refractivity contribution in [3.05, 3.63) is 24.3 Å². The Morgan fingerprint density at radius 3 is 2.38 bits per heavy atom. The van der Waals surface area contributed by atoms with Gasteiger partial charge in [-0.05, 0) is 37.8 Å². The van der Waals surface area contributed by atoms with Crippen LogP contribution in [0.1, 0.15) is 40.0 Å². The lowest BCUT2D eigenvalue weighted by atomic mass is 10.0. The average molecular weight is 360 g/mol. The van der Waals surface area contributed by atoms with E-state index >= 15 is 0 Å². The van der Waals surface area contributed by atoms with Crippen molar-refractivity contribution in [3.8, 4) is 11.5 Å². The minimum Gasteiger partial charge on any atom is -0.482 e. The second-order valence-electron chi connectivity index (χ2n) is 7.57. The van der Waals surface area contributed by atoms with Crippen LogP contribution < -0.4 is 14.8 Å². The van der Waals surface area contributed by atoms with Gasteiger partial charge in [-0.3, -0.25) is 9.59 Å². The number of nitrogens with one attached hydrogen (secondary N) is 1. The van der Waals surface area contributed by atoms with Gasteiger partial charge in [0, 0.05) is 25.6 Å². The number of hydrogen-bond acceptors (Lipinski definition) is 4. The number of para-hydroxylation sites is 2. The summed E-state index contributed by atoms with van der Waals surface area (Å²) in [7, 11) is 0. The Bertz CT molecular complexity index is 653. The van der Waals surface area contributed by atoms with Gasteiger partial charge in [0.2, 0.25) is 12.0 Å². The Kier molecular flexibility index (Phi) is 5.69. The van der Waals surface area contributed by atoms with Gasteiger partial charge in [0.15, 0.2) is 11.5 Å². The van der Waals surface area contributed by atoms with Gasteiger partial charge < -0.3 is 19.7 Å². The molecule has 2 amide bonds. The highest BCUT2D eigenvalue weighted by Crippen LogP contribution is 2.33. The molecule has 0 bridgehead atoms. The van der Waals surface area contributed by atoms with Crippen LogP contribution >= 0.6 is 0 Å². The van der Waals surface area contributed by atoms with E-state index in [2.05, 4.69) is 19.2 Å². The number of carbonyl (C=O) groups excluding carboxylic acids is 2. The van der Waals surface area contributed by atoms with Crippen molar-refractivity contribution >= 4 is 11.8 Å². The summed E-state index contributed by atoms with van der Waals surface area (Å²) < 4.78 is 11.7. The Morgan fingerprint density at radius 2 is 1.77 bits per heavy atom. The Labute approximate surface area is 154 Å². The quantitative estimate of drug-likeness (QED) is 0.895. The van der Waals surface area contributed by atoms with Crippen LogP contribution in [-0.4, -0.2) is 48.1 Å². The third-order valence-electron chi connectivity index (χ3n) is 4.88. The molecule has 1 saturated heterocycles. The van der Waals surface area contributed by atoms with Gasteiger partial charge in [0.25, 0.3) is 5.91 Å². The number of hydrogen-bond donors (Lipinski definition) is 1. The number of fused-ring (bicyclic) bond motifs is 1. The molecule has 2 aliphatic heterocycles. The molecule has 2 unspecified atom stereocenters.